The summed E-state index contributed by atoms with van der Waals surface area (Å²) >= 11 is 0. The number of fused-ring (bicyclic) bond motifs is 1. The van der Waals surface area contributed by atoms with Crippen LogP contribution in [0, 0.1) is 0 Å². The van der Waals surface area contributed by atoms with Crippen molar-refractivity contribution in [2.45, 2.75) is 25.4 Å². The number of anilines is 1. The lowest BCUT2D eigenvalue weighted by Gasteiger charge is -2.27. The van der Waals surface area contributed by atoms with Crippen LogP contribution in [-0.4, -0.2) is 46.5 Å². The Morgan fingerprint density at radius 1 is 1.17 bits per heavy atom. The molecule has 152 valence electrons. The van der Waals surface area contributed by atoms with Gasteiger partial charge in [0.15, 0.2) is 11.5 Å². The fourth-order valence-electron chi connectivity index (χ4n) is 3.94. The van der Waals surface area contributed by atoms with Gasteiger partial charge in [-0.3, -0.25) is 18.7 Å². The number of imidazole rings is 1. The van der Waals surface area contributed by atoms with Crippen LogP contribution in [0.3, 0.4) is 0 Å². The first-order valence-electron chi connectivity index (χ1n) is 9.77. The van der Waals surface area contributed by atoms with E-state index in [-0.39, 0.29) is 17.2 Å². The molecule has 0 N–H and O–H groups in total. The average molecular weight is 404 g/mol. The zero-order valence-corrected chi connectivity index (χ0v) is 16.4. The van der Waals surface area contributed by atoms with Crippen molar-refractivity contribution in [1.82, 2.24) is 33.9 Å². The molecule has 0 bridgehead atoms. The Hall–Kier alpha value is -3.82. The van der Waals surface area contributed by atoms with Crippen molar-refractivity contribution in [3.63, 3.8) is 0 Å². The first-order chi connectivity index (χ1) is 14.6. The predicted octanol–water partition coefficient (Wildman–Crippen LogP) is 0.740. The third-order valence-corrected chi connectivity index (χ3v) is 5.47. The molecule has 0 amide bonds. The number of hydrogen-bond donors (Lipinski definition) is 0. The Morgan fingerprint density at radius 2 is 2.07 bits per heavy atom. The monoisotopic (exact) mass is 404 g/mol. The molecule has 1 fully saturated rings. The highest BCUT2D eigenvalue weighted by Gasteiger charge is 2.29. The summed E-state index contributed by atoms with van der Waals surface area (Å²) in [5.74, 6) is 1.18. The first kappa shape index (κ1) is 18.2. The molecule has 4 aromatic heterocycles. The van der Waals surface area contributed by atoms with Crippen molar-refractivity contribution in [1.29, 1.82) is 0 Å². The summed E-state index contributed by atoms with van der Waals surface area (Å²) in [5, 5.41) is 4.99. The third-order valence-electron chi connectivity index (χ3n) is 5.47. The van der Waals surface area contributed by atoms with Gasteiger partial charge in [-0.1, -0.05) is 0 Å². The number of nitrogens with zero attached hydrogens (tertiary/aromatic N) is 8. The predicted molar refractivity (Wildman–Crippen MR) is 111 cm³/mol. The first-order valence-corrected chi connectivity index (χ1v) is 9.77. The van der Waals surface area contributed by atoms with Gasteiger partial charge in [0.1, 0.15) is 6.33 Å². The quantitative estimate of drug-likeness (QED) is 0.494. The minimum Gasteiger partial charge on any atom is -0.337 e. The molecule has 1 saturated heterocycles. The van der Waals surface area contributed by atoms with E-state index in [1.807, 2.05) is 0 Å². The largest absolute Gasteiger partial charge is 0.337 e. The second-order valence-electron chi connectivity index (χ2n) is 7.32. The van der Waals surface area contributed by atoms with Crippen LogP contribution in [0.1, 0.15) is 12.8 Å². The van der Waals surface area contributed by atoms with E-state index in [0.717, 1.165) is 19.4 Å². The van der Waals surface area contributed by atoms with Crippen LogP contribution in [0.4, 0.5) is 5.95 Å². The second kappa shape index (κ2) is 7.21. The van der Waals surface area contributed by atoms with E-state index < -0.39 is 0 Å². The van der Waals surface area contributed by atoms with E-state index in [2.05, 4.69) is 25.0 Å². The van der Waals surface area contributed by atoms with Gasteiger partial charge in [0.2, 0.25) is 5.95 Å². The summed E-state index contributed by atoms with van der Waals surface area (Å²) in [6.07, 6.45) is 8.53. The maximum atomic E-state index is 12.8. The van der Waals surface area contributed by atoms with Crippen LogP contribution in [0.2, 0.25) is 0 Å². The Labute approximate surface area is 171 Å². The summed E-state index contributed by atoms with van der Waals surface area (Å²) in [6.45, 7) is 1.15. The molecular formula is C20H20N8O2. The molecule has 0 aliphatic carbocycles. The molecule has 10 nitrogen and oxygen atoms in total. The maximum Gasteiger partial charge on any atom is 0.266 e. The van der Waals surface area contributed by atoms with E-state index >= 15 is 0 Å². The average Bonchev–Trinajstić information content (AvgIpc) is 3.45. The minimum atomic E-state index is -0.173. The normalized spacial score (nSPS) is 16.4. The number of hydrogen-bond acceptors (Lipinski definition) is 7. The Balaban J connectivity index is 1.51. The van der Waals surface area contributed by atoms with Crippen LogP contribution in [-0.2, 0) is 13.6 Å². The van der Waals surface area contributed by atoms with E-state index in [1.165, 1.54) is 10.7 Å². The lowest BCUT2D eigenvalue weighted by molar-refractivity contribution is 0.479. The van der Waals surface area contributed by atoms with Gasteiger partial charge in [0.25, 0.3) is 11.1 Å². The molecule has 5 heterocycles. The van der Waals surface area contributed by atoms with Crippen LogP contribution in [0.5, 0.6) is 0 Å². The van der Waals surface area contributed by atoms with Gasteiger partial charge < -0.3 is 4.90 Å². The van der Waals surface area contributed by atoms with Gasteiger partial charge in [-0.25, -0.2) is 14.6 Å². The molecule has 1 aliphatic heterocycles. The molecule has 4 aromatic rings. The highest BCUT2D eigenvalue weighted by Crippen LogP contribution is 2.24. The van der Waals surface area contributed by atoms with Gasteiger partial charge in [-0.15, -0.1) is 0 Å². The van der Waals surface area contributed by atoms with Crippen molar-refractivity contribution in [2.75, 3.05) is 11.4 Å². The molecule has 0 saturated carbocycles. The number of aromatic nitrogens is 7. The summed E-state index contributed by atoms with van der Waals surface area (Å²) in [5.41, 5.74) is 0.123. The van der Waals surface area contributed by atoms with E-state index in [0.29, 0.717) is 29.3 Å². The van der Waals surface area contributed by atoms with Crippen molar-refractivity contribution in [3.8, 4) is 5.82 Å². The molecule has 1 unspecified atom stereocenters. The van der Waals surface area contributed by atoms with Gasteiger partial charge >= 0.3 is 0 Å². The van der Waals surface area contributed by atoms with Crippen LogP contribution < -0.4 is 16.0 Å². The van der Waals surface area contributed by atoms with Crippen LogP contribution in [0.25, 0.3) is 16.9 Å². The molecule has 0 radical (unpaired) electrons. The SMILES string of the molecule is Cn1c(N2CCCC2Cn2nc(-n3ccnc3)ccc2=O)nc2ncccc2c1=O. The lowest BCUT2D eigenvalue weighted by Crippen LogP contribution is -2.40. The molecule has 10 heteroatoms. The standard InChI is InChI=1S/C20H20N8O2/c1-25-19(30)15-5-2-8-22-18(15)23-20(25)27-10-3-4-14(27)12-28-17(29)7-6-16(24-28)26-11-9-21-13-26/h2,5-9,11,13-14H,3-4,10,12H2,1H3. The summed E-state index contributed by atoms with van der Waals surface area (Å²) in [4.78, 5) is 40.2. The smallest absolute Gasteiger partial charge is 0.266 e. The zero-order valence-electron chi connectivity index (χ0n) is 16.4. The molecule has 1 atom stereocenters. The molecule has 0 spiro atoms. The van der Waals surface area contributed by atoms with Gasteiger partial charge in [0.05, 0.1) is 18.0 Å². The molecule has 1 aliphatic rings. The maximum absolute atomic E-state index is 12.8. The number of rotatable bonds is 4. The number of pyridine rings is 1. The molecule has 5 rings (SSSR count). The Bertz CT molecular complexity index is 1320. The van der Waals surface area contributed by atoms with Crippen molar-refractivity contribution in [3.05, 3.63) is 69.9 Å². The van der Waals surface area contributed by atoms with E-state index in [4.69, 9.17) is 0 Å². The fraction of sp³-hybridized carbons (Fsp3) is 0.300. The minimum absolute atomic E-state index is 0.00694. The van der Waals surface area contributed by atoms with Crippen molar-refractivity contribution >= 4 is 17.0 Å². The van der Waals surface area contributed by atoms with Crippen LogP contribution >= 0.6 is 0 Å². The third kappa shape index (κ3) is 3.06. The van der Waals surface area contributed by atoms with E-state index in [1.54, 1.807) is 59.3 Å². The molecule has 30 heavy (non-hydrogen) atoms. The Kier molecular flexibility index (Phi) is 4.38. The molecule has 0 aromatic carbocycles. The van der Waals surface area contributed by atoms with E-state index in [9.17, 15) is 9.59 Å². The highest BCUT2D eigenvalue weighted by molar-refractivity contribution is 5.74. The summed E-state index contributed by atoms with van der Waals surface area (Å²) in [7, 11) is 1.72. The lowest BCUT2D eigenvalue weighted by atomic mass is 10.2. The van der Waals surface area contributed by atoms with Crippen LogP contribution in [0.15, 0.2) is 58.8 Å². The summed E-state index contributed by atoms with van der Waals surface area (Å²) < 4.78 is 4.78. The highest BCUT2D eigenvalue weighted by atomic mass is 16.1. The van der Waals surface area contributed by atoms with Crippen molar-refractivity contribution < 1.29 is 0 Å². The Morgan fingerprint density at radius 3 is 2.90 bits per heavy atom. The van der Waals surface area contributed by atoms with Gasteiger partial charge in [-0.05, 0) is 31.0 Å². The van der Waals surface area contributed by atoms with Gasteiger partial charge in [0, 0.05) is 38.2 Å². The molecular weight excluding hydrogens is 384 g/mol. The second-order valence-corrected chi connectivity index (χ2v) is 7.32. The zero-order chi connectivity index (χ0) is 20.7. The van der Waals surface area contributed by atoms with Gasteiger partial charge in [-0.2, -0.15) is 10.1 Å². The fourth-order valence-corrected chi connectivity index (χ4v) is 3.94. The topological polar surface area (TPSA) is 104 Å². The summed E-state index contributed by atoms with van der Waals surface area (Å²) in [6, 6.07) is 6.64. The van der Waals surface area contributed by atoms with Crippen molar-refractivity contribution in [2.24, 2.45) is 7.05 Å².